The van der Waals surface area contributed by atoms with Crippen molar-refractivity contribution in [1.82, 2.24) is 0 Å². The van der Waals surface area contributed by atoms with E-state index in [4.69, 9.17) is 34.8 Å². The van der Waals surface area contributed by atoms with E-state index in [-0.39, 0.29) is 0 Å². The highest BCUT2D eigenvalue weighted by Crippen LogP contribution is 2.39. The largest absolute Gasteiger partial charge is 0.123 e. The predicted octanol–water partition coefficient (Wildman–Crippen LogP) is 5.26. The van der Waals surface area contributed by atoms with Crippen LogP contribution in [0.5, 0.6) is 0 Å². The van der Waals surface area contributed by atoms with Crippen LogP contribution in [-0.2, 0) is 0 Å². The van der Waals surface area contributed by atoms with Gasteiger partial charge in [0.05, 0.1) is 0 Å². The van der Waals surface area contributed by atoms with Gasteiger partial charge in [0.2, 0.25) is 0 Å². The molecule has 0 radical (unpaired) electrons. The first-order valence-electron chi connectivity index (χ1n) is 5.26. The molecule has 0 N–H and O–H groups in total. The average Bonchev–Trinajstić information content (AvgIpc) is 2.22. The van der Waals surface area contributed by atoms with Crippen molar-refractivity contribution < 1.29 is 0 Å². The Balaban J connectivity index is 2.24. The van der Waals surface area contributed by atoms with Crippen LogP contribution in [-0.4, -0.2) is 5.38 Å². The van der Waals surface area contributed by atoms with Gasteiger partial charge in [-0.05, 0) is 48.9 Å². The molecule has 1 aliphatic carbocycles. The lowest BCUT2D eigenvalue weighted by atomic mass is 9.84. The maximum atomic E-state index is 6.18. The van der Waals surface area contributed by atoms with Crippen LogP contribution in [0.1, 0.15) is 37.2 Å². The maximum Gasteiger partial charge on any atom is 0.0441 e. The number of alkyl halides is 1. The Bertz CT molecular complexity index is 349. The number of hydrogen-bond acceptors (Lipinski definition) is 0. The minimum Gasteiger partial charge on any atom is -0.123 e. The van der Waals surface area contributed by atoms with E-state index in [9.17, 15) is 0 Å². The molecule has 0 aromatic heterocycles. The van der Waals surface area contributed by atoms with Crippen LogP contribution in [0.2, 0.25) is 10.0 Å². The van der Waals surface area contributed by atoms with Crippen molar-refractivity contribution in [3.63, 3.8) is 0 Å². The van der Waals surface area contributed by atoms with E-state index < -0.39 is 0 Å². The Kier molecular flexibility index (Phi) is 3.82. The van der Waals surface area contributed by atoms with E-state index in [2.05, 4.69) is 0 Å². The van der Waals surface area contributed by atoms with Crippen LogP contribution in [0.15, 0.2) is 18.2 Å². The zero-order valence-corrected chi connectivity index (χ0v) is 10.6. The molecule has 1 saturated carbocycles. The summed E-state index contributed by atoms with van der Waals surface area (Å²) in [6, 6.07) is 5.68. The summed E-state index contributed by atoms with van der Waals surface area (Å²) in [5, 5.41) is 1.86. The number of benzene rings is 1. The molecule has 1 aliphatic rings. The van der Waals surface area contributed by atoms with Crippen LogP contribution in [0.3, 0.4) is 0 Å². The van der Waals surface area contributed by atoms with Crippen molar-refractivity contribution in [2.24, 2.45) is 0 Å². The van der Waals surface area contributed by atoms with Gasteiger partial charge in [0.1, 0.15) is 0 Å². The third-order valence-electron chi connectivity index (χ3n) is 3.01. The molecule has 15 heavy (non-hydrogen) atoms. The summed E-state index contributed by atoms with van der Waals surface area (Å²) >= 11 is 18.3. The van der Waals surface area contributed by atoms with Gasteiger partial charge in [-0.3, -0.25) is 0 Å². The van der Waals surface area contributed by atoms with E-state index in [1.165, 1.54) is 12.8 Å². The number of hydrogen-bond donors (Lipinski definition) is 0. The first-order valence-corrected chi connectivity index (χ1v) is 6.45. The summed E-state index contributed by atoms with van der Waals surface area (Å²) in [6.45, 7) is 0. The lowest BCUT2D eigenvalue weighted by Gasteiger charge is -2.26. The van der Waals surface area contributed by atoms with Crippen molar-refractivity contribution in [3.05, 3.63) is 33.8 Å². The molecule has 2 unspecified atom stereocenters. The van der Waals surface area contributed by atoms with Crippen LogP contribution in [0.4, 0.5) is 0 Å². The first-order chi connectivity index (χ1) is 7.16. The van der Waals surface area contributed by atoms with Gasteiger partial charge >= 0.3 is 0 Å². The normalized spacial score (nSPS) is 26.6. The van der Waals surface area contributed by atoms with Crippen molar-refractivity contribution in [2.45, 2.75) is 37.0 Å². The molecule has 0 saturated heterocycles. The predicted molar refractivity (Wildman–Crippen MR) is 67.3 cm³/mol. The Morgan fingerprint density at radius 1 is 1.13 bits per heavy atom. The monoisotopic (exact) mass is 262 g/mol. The van der Waals surface area contributed by atoms with Crippen molar-refractivity contribution in [1.29, 1.82) is 0 Å². The molecule has 0 heterocycles. The molecular formula is C12H13Cl3. The minimum atomic E-state index is 0.291. The third kappa shape index (κ3) is 2.81. The zero-order valence-electron chi connectivity index (χ0n) is 8.35. The standard InChI is InChI=1S/C12H13Cl3/c13-9-3-1-2-8(6-9)11-7-10(14)4-5-12(11)15/h4-5,7-9H,1-3,6H2. The molecule has 0 aliphatic heterocycles. The van der Waals surface area contributed by atoms with E-state index >= 15 is 0 Å². The Morgan fingerprint density at radius 3 is 2.67 bits per heavy atom. The fourth-order valence-corrected chi connectivity index (χ4v) is 3.06. The highest BCUT2D eigenvalue weighted by Gasteiger charge is 2.23. The smallest absolute Gasteiger partial charge is 0.0441 e. The average molecular weight is 264 g/mol. The summed E-state index contributed by atoms with van der Waals surface area (Å²) in [6.07, 6.45) is 4.49. The topological polar surface area (TPSA) is 0 Å². The molecule has 0 spiro atoms. The maximum absolute atomic E-state index is 6.18. The van der Waals surface area contributed by atoms with Gasteiger partial charge in [-0.2, -0.15) is 0 Å². The van der Waals surface area contributed by atoms with Crippen LogP contribution in [0, 0.1) is 0 Å². The Hall–Kier alpha value is 0.0900. The highest BCUT2D eigenvalue weighted by atomic mass is 35.5. The quantitative estimate of drug-likeness (QED) is 0.606. The minimum absolute atomic E-state index is 0.291. The molecule has 1 fully saturated rings. The molecule has 82 valence electrons. The van der Waals surface area contributed by atoms with Gasteiger partial charge < -0.3 is 0 Å². The van der Waals surface area contributed by atoms with Gasteiger partial charge in [-0.1, -0.05) is 29.6 Å². The van der Waals surface area contributed by atoms with Crippen LogP contribution >= 0.6 is 34.8 Å². The van der Waals surface area contributed by atoms with Gasteiger partial charge in [-0.25, -0.2) is 0 Å². The lowest BCUT2D eigenvalue weighted by molar-refractivity contribution is 0.449. The SMILES string of the molecule is Clc1ccc(Cl)c(C2CCCC(Cl)C2)c1. The Labute approximate surface area is 106 Å². The molecule has 1 aromatic rings. The van der Waals surface area contributed by atoms with Gasteiger partial charge in [0.25, 0.3) is 0 Å². The van der Waals surface area contributed by atoms with Gasteiger partial charge in [-0.15, -0.1) is 11.6 Å². The molecule has 2 atom stereocenters. The second-order valence-corrected chi connectivity index (χ2v) is 5.59. The van der Waals surface area contributed by atoms with E-state index in [1.807, 2.05) is 18.2 Å². The van der Waals surface area contributed by atoms with Crippen molar-refractivity contribution >= 4 is 34.8 Å². The summed E-state index contributed by atoms with van der Waals surface area (Å²) in [5.74, 6) is 0.479. The summed E-state index contributed by atoms with van der Waals surface area (Å²) in [7, 11) is 0. The Morgan fingerprint density at radius 2 is 1.93 bits per heavy atom. The fraction of sp³-hybridized carbons (Fsp3) is 0.500. The van der Waals surface area contributed by atoms with E-state index in [0.717, 1.165) is 28.5 Å². The second kappa shape index (κ2) is 4.95. The summed E-state index contributed by atoms with van der Waals surface area (Å²) < 4.78 is 0. The van der Waals surface area contributed by atoms with E-state index in [0.29, 0.717) is 11.3 Å². The summed E-state index contributed by atoms with van der Waals surface area (Å²) in [4.78, 5) is 0. The van der Waals surface area contributed by atoms with Crippen molar-refractivity contribution in [2.75, 3.05) is 0 Å². The highest BCUT2D eigenvalue weighted by molar-refractivity contribution is 6.33. The van der Waals surface area contributed by atoms with Crippen molar-refractivity contribution in [3.8, 4) is 0 Å². The molecule has 0 amide bonds. The van der Waals surface area contributed by atoms with Gasteiger partial charge in [0.15, 0.2) is 0 Å². The second-order valence-electron chi connectivity index (χ2n) is 4.13. The van der Waals surface area contributed by atoms with Crippen LogP contribution < -0.4 is 0 Å². The zero-order chi connectivity index (χ0) is 10.8. The first kappa shape index (κ1) is 11.6. The molecule has 1 aromatic carbocycles. The number of halogens is 3. The third-order valence-corrected chi connectivity index (χ3v) is 3.98. The van der Waals surface area contributed by atoms with Gasteiger partial charge in [0, 0.05) is 15.4 Å². The number of rotatable bonds is 1. The van der Waals surface area contributed by atoms with E-state index in [1.54, 1.807) is 0 Å². The summed E-state index contributed by atoms with van der Waals surface area (Å²) in [5.41, 5.74) is 1.16. The molecular weight excluding hydrogens is 250 g/mol. The van der Waals surface area contributed by atoms with Crippen LogP contribution in [0.25, 0.3) is 0 Å². The fourth-order valence-electron chi connectivity index (χ4n) is 2.24. The molecule has 3 heteroatoms. The molecule has 0 bridgehead atoms. The molecule has 0 nitrogen and oxygen atoms in total. The lowest BCUT2D eigenvalue weighted by Crippen LogP contribution is -2.14. The molecule has 2 rings (SSSR count).